The van der Waals surface area contributed by atoms with Crippen molar-refractivity contribution in [3.05, 3.63) is 47.5 Å². The summed E-state index contributed by atoms with van der Waals surface area (Å²) in [6, 6.07) is 5.67. The molecular formula is C17H21N5O2. The summed E-state index contributed by atoms with van der Waals surface area (Å²) in [6.07, 6.45) is 5.39. The molecule has 0 aromatic carbocycles. The smallest absolute Gasteiger partial charge is 0.274 e. The van der Waals surface area contributed by atoms with Gasteiger partial charge in [0, 0.05) is 32.9 Å². The number of nitrogens with zero attached hydrogens (tertiary/aromatic N) is 4. The second kappa shape index (κ2) is 6.82. The van der Waals surface area contributed by atoms with Gasteiger partial charge in [-0.05, 0) is 36.6 Å². The monoisotopic (exact) mass is 327 g/mol. The van der Waals surface area contributed by atoms with Crippen LogP contribution in [0.25, 0.3) is 0 Å². The van der Waals surface area contributed by atoms with E-state index in [0.717, 1.165) is 30.6 Å². The number of nitrogens with one attached hydrogen (secondary N) is 1. The van der Waals surface area contributed by atoms with Gasteiger partial charge in [0.05, 0.1) is 18.3 Å². The van der Waals surface area contributed by atoms with E-state index < -0.39 is 0 Å². The first-order chi connectivity index (χ1) is 11.5. The minimum atomic E-state index is -0.0879. The lowest BCUT2D eigenvalue weighted by atomic mass is 10.0. The summed E-state index contributed by atoms with van der Waals surface area (Å²) >= 11 is 0. The molecule has 7 heteroatoms. The Kier molecular flexibility index (Phi) is 4.59. The van der Waals surface area contributed by atoms with E-state index in [-0.39, 0.29) is 17.9 Å². The molecule has 3 heterocycles. The minimum absolute atomic E-state index is 0.0265. The normalized spacial score (nSPS) is 17.1. The molecule has 1 aliphatic heterocycles. The van der Waals surface area contributed by atoms with Gasteiger partial charge in [0.25, 0.3) is 5.91 Å². The van der Waals surface area contributed by atoms with Crippen molar-refractivity contribution >= 4 is 11.8 Å². The average molecular weight is 327 g/mol. The van der Waals surface area contributed by atoms with Crippen LogP contribution in [0.1, 0.15) is 47.6 Å². The summed E-state index contributed by atoms with van der Waals surface area (Å²) in [6.45, 7) is 2.60. The number of aromatic nitrogens is 3. The van der Waals surface area contributed by atoms with Crippen molar-refractivity contribution in [1.82, 2.24) is 25.0 Å². The number of rotatable bonds is 4. The number of pyridine rings is 1. The topological polar surface area (TPSA) is 80.1 Å². The number of likely N-dealkylation sites (tertiary alicyclic amines) is 1. The zero-order chi connectivity index (χ0) is 17.1. The van der Waals surface area contributed by atoms with E-state index in [0.29, 0.717) is 12.2 Å². The molecule has 1 fully saturated rings. The standard InChI is InChI=1S/C17H21N5O2/c1-12(23)19-11-14-10-13(5-7-18-14)16-4-3-8-22(16)17(24)15-6-9-21(2)20-15/h5-7,9-10,16H,3-4,8,11H2,1-2H3,(H,19,23)/t16-/m1/s1. The highest BCUT2D eigenvalue weighted by Crippen LogP contribution is 2.33. The molecule has 0 bridgehead atoms. The maximum Gasteiger partial charge on any atom is 0.274 e. The predicted molar refractivity (Wildman–Crippen MR) is 88.0 cm³/mol. The SMILES string of the molecule is CC(=O)NCc1cc([C@H]2CCCN2C(=O)c2ccn(C)n2)ccn1. The third kappa shape index (κ3) is 3.45. The van der Waals surface area contributed by atoms with Crippen molar-refractivity contribution in [3.8, 4) is 0 Å². The van der Waals surface area contributed by atoms with E-state index in [1.54, 1.807) is 30.2 Å². The van der Waals surface area contributed by atoms with E-state index in [4.69, 9.17) is 0 Å². The van der Waals surface area contributed by atoms with Gasteiger partial charge in [-0.2, -0.15) is 5.10 Å². The largest absolute Gasteiger partial charge is 0.351 e. The summed E-state index contributed by atoms with van der Waals surface area (Å²) in [5.74, 6) is -0.131. The minimum Gasteiger partial charge on any atom is -0.351 e. The van der Waals surface area contributed by atoms with Crippen molar-refractivity contribution in [2.45, 2.75) is 32.4 Å². The lowest BCUT2D eigenvalue weighted by molar-refractivity contribution is -0.119. The van der Waals surface area contributed by atoms with Gasteiger partial charge in [-0.3, -0.25) is 19.3 Å². The number of hydrogen-bond acceptors (Lipinski definition) is 4. The first-order valence-electron chi connectivity index (χ1n) is 8.04. The Bertz CT molecular complexity index is 755. The lowest BCUT2D eigenvalue weighted by Crippen LogP contribution is -2.31. The van der Waals surface area contributed by atoms with Crippen molar-refractivity contribution in [1.29, 1.82) is 0 Å². The zero-order valence-electron chi connectivity index (χ0n) is 13.9. The Morgan fingerprint density at radius 1 is 1.38 bits per heavy atom. The van der Waals surface area contributed by atoms with Crippen LogP contribution in [0.4, 0.5) is 0 Å². The molecule has 0 saturated carbocycles. The average Bonchev–Trinajstić information content (AvgIpc) is 3.21. The van der Waals surface area contributed by atoms with Crippen LogP contribution in [0.5, 0.6) is 0 Å². The van der Waals surface area contributed by atoms with Crippen molar-refractivity contribution < 1.29 is 9.59 Å². The first kappa shape index (κ1) is 16.2. The number of carbonyl (C=O) groups excluding carboxylic acids is 2. The van der Waals surface area contributed by atoms with Crippen molar-refractivity contribution in [2.75, 3.05) is 6.54 Å². The maximum absolute atomic E-state index is 12.7. The van der Waals surface area contributed by atoms with Gasteiger partial charge in [-0.15, -0.1) is 0 Å². The van der Waals surface area contributed by atoms with E-state index in [1.165, 1.54) is 6.92 Å². The van der Waals surface area contributed by atoms with Gasteiger partial charge in [0.15, 0.2) is 0 Å². The molecule has 24 heavy (non-hydrogen) atoms. The number of carbonyl (C=O) groups is 2. The highest BCUT2D eigenvalue weighted by atomic mass is 16.2. The molecule has 0 unspecified atom stereocenters. The molecule has 0 radical (unpaired) electrons. The second-order valence-corrected chi connectivity index (χ2v) is 6.02. The Morgan fingerprint density at radius 3 is 2.92 bits per heavy atom. The van der Waals surface area contributed by atoms with Crippen molar-refractivity contribution in [2.24, 2.45) is 7.05 Å². The van der Waals surface area contributed by atoms with Crippen LogP contribution in [-0.4, -0.2) is 38.0 Å². The Labute approximate surface area is 140 Å². The van der Waals surface area contributed by atoms with Gasteiger partial charge in [-0.25, -0.2) is 0 Å². The van der Waals surface area contributed by atoms with Crippen molar-refractivity contribution in [3.63, 3.8) is 0 Å². The molecule has 1 aliphatic rings. The Balaban J connectivity index is 1.79. The summed E-state index contributed by atoms with van der Waals surface area (Å²) in [5.41, 5.74) is 2.31. The molecule has 126 valence electrons. The molecule has 3 rings (SSSR count). The number of amides is 2. The molecule has 1 saturated heterocycles. The number of aryl methyl sites for hydroxylation is 1. The van der Waals surface area contributed by atoms with Gasteiger partial charge in [0.1, 0.15) is 5.69 Å². The van der Waals surface area contributed by atoms with E-state index >= 15 is 0 Å². The predicted octanol–water partition coefficient (Wildman–Crippen LogP) is 1.43. The molecule has 2 aromatic rings. The highest BCUT2D eigenvalue weighted by molar-refractivity contribution is 5.92. The fraction of sp³-hybridized carbons (Fsp3) is 0.412. The van der Waals surface area contributed by atoms with Crippen LogP contribution in [0.2, 0.25) is 0 Å². The van der Waals surface area contributed by atoms with Crippen LogP contribution < -0.4 is 5.32 Å². The maximum atomic E-state index is 12.7. The molecular weight excluding hydrogens is 306 g/mol. The summed E-state index contributed by atoms with van der Waals surface area (Å²) in [4.78, 5) is 29.9. The van der Waals surface area contributed by atoms with E-state index in [2.05, 4.69) is 15.4 Å². The molecule has 0 aliphatic carbocycles. The van der Waals surface area contributed by atoms with Gasteiger partial charge in [0.2, 0.25) is 5.91 Å². The highest BCUT2D eigenvalue weighted by Gasteiger charge is 2.31. The lowest BCUT2D eigenvalue weighted by Gasteiger charge is -2.24. The number of hydrogen-bond donors (Lipinski definition) is 1. The summed E-state index contributed by atoms with van der Waals surface area (Å²) < 4.78 is 1.64. The van der Waals surface area contributed by atoms with E-state index in [1.807, 2.05) is 17.0 Å². The quantitative estimate of drug-likeness (QED) is 0.921. The Morgan fingerprint density at radius 2 is 2.21 bits per heavy atom. The zero-order valence-corrected chi connectivity index (χ0v) is 13.9. The molecule has 2 aromatic heterocycles. The summed E-state index contributed by atoms with van der Waals surface area (Å²) in [7, 11) is 1.80. The van der Waals surface area contributed by atoms with E-state index in [9.17, 15) is 9.59 Å². The molecule has 7 nitrogen and oxygen atoms in total. The second-order valence-electron chi connectivity index (χ2n) is 6.02. The van der Waals surface area contributed by atoms with Crippen LogP contribution >= 0.6 is 0 Å². The Hall–Kier alpha value is -2.70. The molecule has 0 spiro atoms. The van der Waals surface area contributed by atoms with Crippen LogP contribution in [0, 0.1) is 0 Å². The third-order valence-electron chi connectivity index (χ3n) is 4.19. The molecule has 2 amide bonds. The molecule has 1 atom stereocenters. The summed E-state index contributed by atoms with van der Waals surface area (Å²) in [5, 5.41) is 6.96. The van der Waals surface area contributed by atoms with Gasteiger partial charge >= 0.3 is 0 Å². The van der Waals surface area contributed by atoms with Crippen LogP contribution in [0.3, 0.4) is 0 Å². The van der Waals surface area contributed by atoms with Crippen LogP contribution in [0.15, 0.2) is 30.6 Å². The van der Waals surface area contributed by atoms with Gasteiger partial charge in [-0.1, -0.05) is 0 Å². The third-order valence-corrected chi connectivity index (χ3v) is 4.19. The van der Waals surface area contributed by atoms with Crippen LogP contribution in [-0.2, 0) is 18.4 Å². The first-order valence-corrected chi connectivity index (χ1v) is 8.04. The molecule has 1 N–H and O–H groups in total. The fourth-order valence-corrected chi connectivity index (χ4v) is 3.05. The van der Waals surface area contributed by atoms with Gasteiger partial charge < -0.3 is 10.2 Å². The fourth-order valence-electron chi connectivity index (χ4n) is 3.05.